The summed E-state index contributed by atoms with van der Waals surface area (Å²) in [5.41, 5.74) is 6.30. The first-order valence-corrected chi connectivity index (χ1v) is 6.58. The van der Waals surface area contributed by atoms with E-state index in [0.29, 0.717) is 17.3 Å². The van der Waals surface area contributed by atoms with E-state index in [9.17, 15) is 4.79 Å². The minimum absolute atomic E-state index is 0.0586. The maximum Gasteiger partial charge on any atom is 0.229 e. The average molecular weight is 320 g/mol. The zero-order valence-electron chi connectivity index (χ0n) is 9.84. The van der Waals surface area contributed by atoms with Gasteiger partial charge in [0, 0.05) is 16.7 Å². The van der Waals surface area contributed by atoms with Crippen LogP contribution in [0.25, 0.3) is 0 Å². The number of carbonyl (C=O) groups excluding carboxylic acids is 1. The first kappa shape index (κ1) is 14.5. The summed E-state index contributed by atoms with van der Waals surface area (Å²) in [7, 11) is 0. The average Bonchev–Trinajstić information content (AvgIpc) is 2.24. The summed E-state index contributed by atoms with van der Waals surface area (Å²) in [5.74, 6) is -0.0167. The van der Waals surface area contributed by atoms with E-state index in [2.05, 4.69) is 21.2 Å². The number of benzene rings is 1. The molecule has 3 nitrogen and oxygen atoms in total. The molecule has 1 amide bonds. The Morgan fingerprint density at radius 1 is 1.53 bits per heavy atom. The predicted octanol–water partition coefficient (Wildman–Crippen LogP) is 3.27. The molecule has 94 valence electrons. The van der Waals surface area contributed by atoms with E-state index in [4.69, 9.17) is 17.3 Å². The second kappa shape index (κ2) is 6.38. The minimum atomic E-state index is -0.176. The van der Waals surface area contributed by atoms with Gasteiger partial charge in [0.25, 0.3) is 0 Å². The number of hydrogen-bond acceptors (Lipinski definition) is 2. The highest BCUT2D eigenvalue weighted by Crippen LogP contribution is 2.26. The number of nitrogens with one attached hydrogen (secondary N) is 1. The molecule has 0 heterocycles. The van der Waals surface area contributed by atoms with Crippen molar-refractivity contribution in [1.29, 1.82) is 0 Å². The van der Waals surface area contributed by atoms with Crippen LogP contribution < -0.4 is 11.1 Å². The minimum Gasteiger partial charge on any atom is -0.330 e. The third kappa shape index (κ3) is 3.98. The van der Waals surface area contributed by atoms with Crippen molar-refractivity contribution in [2.24, 2.45) is 17.6 Å². The monoisotopic (exact) mass is 318 g/mol. The number of anilines is 1. The first-order valence-electron chi connectivity index (χ1n) is 5.41. The number of carbonyl (C=O) groups is 1. The molecule has 3 N–H and O–H groups in total. The van der Waals surface area contributed by atoms with Gasteiger partial charge in [-0.15, -0.1) is 0 Å². The third-order valence-electron chi connectivity index (χ3n) is 2.58. The van der Waals surface area contributed by atoms with E-state index in [1.165, 1.54) is 0 Å². The Morgan fingerprint density at radius 2 is 2.18 bits per heavy atom. The van der Waals surface area contributed by atoms with E-state index >= 15 is 0 Å². The van der Waals surface area contributed by atoms with Crippen LogP contribution in [-0.4, -0.2) is 12.5 Å². The molecule has 0 saturated carbocycles. The molecule has 17 heavy (non-hydrogen) atoms. The molecule has 0 aliphatic carbocycles. The second-order valence-electron chi connectivity index (χ2n) is 4.20. The maximum absolute atomic E-state index is 11.9. The van der Waals surface area contributed by atoms with Gasteiger partial charge in [-0.25, -0.2) is 0 Å². The van der Waals surface area contributed by atoms with Gasteiger partial charge in [-0.3, -0.25) is 4.79 Å². The van der Waals surface area contributed by atoms with E-state index < -0.39 is 0 Å². The van der Waals surface area contributed by atoms with Crippen LogP contribution in [0.4, 0.5) is 5.69 Å². The van der Waals surface area contributed by atoms with E-state index in [0.717, 1.165) is 4.47 Å². The molecule has 0 aliphatic heterocycles. The molecule has 1 rings (SSSR count). The van der Waals surface area contributed by atoms with Crippen molar-refractivity contribution < 1.29 is 4.79 Å². The van der Waals surface area contributed by atoms with E-state index in [-0.39, 0.29) is 17.7 Å². The number of hydrogen-bond donors (Lipinski definition) is 2. The van der Waals surface area contributed by atoms with Crippen LogP contribution in [0.15, 0.2) is 22.7 Å². The largest absolute Gasteiger partial charge is 0.330 e. The van der Waals surface area contributed by atoms with Gasteiger partial charge in [0.1, 0.15) is 0 Å². The lowest BCUT2D eigenvalue weighted by Crippen LogP contribution is -2.33. The molecule has 0 saturated heterocycles. The van der Waals surface area contributed by atoms with Crippen molar-refractivity contribution in [3.05, 3.63) is 27.7 Å². The first-order chi connectivity index (χ1) is 7.95. The van der Waals surface area contributed by atoms with Gasteiger partial charge in [-0.2, -0.15) is 0 Å². The van der Waals surface area contributed by atoms with Crippen molar-refractivity contribution >= 4 is 39.1 Å². The van der Waals surface area contributed by atoms with Crippen LogP contribution in [0.3, 0.4) is 0 Å². The summed E-state index contributed by atoms with van der Waals surface area (Å²) < 4.78 is 0.755. The van der Waals surface area contributed by atoms with Crippen molar-refractivity contribution in [1.82, 2.24) is 0 Å². The van der Waals surface area contributed by atoms with Crippen molar-refractivity contribution in [3.8, 4) is 0 Å². The standard InChI is InChI=1S/C12H16BrClN2O/c1-7(2)9(6-15)12(17)16-8-3-4-11(14)10(13)5-8/h3-5,7,9H,6,15H2,1-2H3,(H,16,17). The van der Waals surface area contributed by atoms with Crippen LogP contribution >= 0.6 is 27.5 Å². The molecule has 1 aromatic carbocycles. The molecule has 1 unspecified atom stereocenters. The van der Waals surface area contributed by atoms with Crippen LogP contribution in [0.5, 0.6) is 0 Å². The molecule has 0 fully saturated rings. The Balaban J connectivity index is 2.77. The lowest BCUT2D eigenvalue weighted by molar-refractivity contribution is -0.120. The topological polar surface area (TPSA) is 55.1 Å². The van der Waals surface area contributed by atoms with Gasteiger partial charge in [0.15, 0.2) is 0 Å². The third-order valence-corrected chi connectivity index (χ3v) is 3.80. The normalized spacial score (nSPS) is 12.6. The van der Waals surface area contributed by atoms with Gasteiger partial charge in [-0.1, -0.05) is 25.4 Å². The Hall–Kier alpha value is -0.580. The molecular formula is C12H16BrClN2O. The lowest BCUT2D eigenvalue weighted by Gasteiger charge is -2.18. The zero-order chi connectivity index (χ0) is 13.0. The van der Waals surface area contributed by atoms with Crippen molar-refractivity contribution in [3.63, 3.8) is 0 Å². The number of halogens is 2. The molecule has 0 spiro atoms. The fourth-order valence-electron chi connectivity index (χ4n) is 1.49. The highest BCUT2D eigenvalue weighted by molar-refractivity contribution is 9.10. The highest BCUT2D eigenvalue weighted by Gasteiger charge is 2.20. The molecule has 0 aromatic heterocycles. The SMILES string of the molecule is CC(C)C(CN)C(=O)Nc1ccc(Cl)c(Br)c1. The highest BCUT2D eigenvalue weighted by atomic mass is 79.9. The quantitative estimate of drug-likeness (QED) is 0.895. The summed E-state index contributed by atoms with van der Waals surface area (Å²) in [6, 6.07) is 5.26. The van der Waals surface area contributed by atoms with Gasteiger partial charge < -0.3 is 11.1 Å². The summed E-state index contributed by atoms with van der Waals surface area (Å²) in [5, 5.41) is 3.45. The molecule has 0 aliphatic rings. The predicted molar refractivity (Wildman–Crippen MR) is 75.2 cm³/mol. The van der Waals surface area contributed by atoms with Gasteiger partial charge in [0.05, 0.1) is 10.9 Å². The summed E-state index contributed by atoms with van der Waals surface area (Å²) >= 11 is 9.19. The smallest absolute Gasteiger partial charge is 0.229 e. The van der Waals surface area contributed by atoms with Crippen LogP contribution in [-0.2, 0) is 4.79 Å². The van der Waals surface area contributed by atoms with Crippen LogP contribution in [0.2, 0.25) is 5.02 Å². The zero-order valence-corrected chi connectivity index (χ0v) is 12.2. The Bertz CT molecular complexity index is 409. The fourth-order valence-corrected chi connectivity index (χ4v) is 1.99. The fraction of sp³-hybridized carbons (Fsp3) is 0.417. The Morgan fingerprint density at radius 3 is 2.65 bits per heavy atom. The van der Waals surface area contributed by atoms with Gasteiger partial charge >= 0.3 is 0 Å². The Labute approximate surface area is 115 Å². The molecule has 5 heteroatoms. The lowest BCUT2D eigenvalue weighted by atomic mass is 9.95. The second-order valence-corrected chi connectivity index (χ2v) is 5.47. The summed E-state index contributed by atoms with van der Waals surface area (Å²) in [4.78, 5) is 11.9. The molecule has 1 aromatic rings. The summed E-state index contributed by atoms with van der Waals surface area (Å²) in [6.07, 6.45) is 0. The van der Waals surface area contributed by atoms with Gasteiger partial charge in [-0.05, 0) is 40.0 Å². The Kier molecular flexibility index (Phi) is 5.43. The molecule has 1 atom stereocenters. The van der Waals surface area contributed by atoms with E-state index in [1.54, 1.807) is 18.2 Å². The van der Waals surface area contributed by atoms with Gasteiger partial charge in [0.2, 0.25) is 5.91 Å². The molecular weight excluding hydrogens is 304 g/mol. The number of amides is 1. The summed E-state index contributed by atoms with van der Waals surface area (Å²) in [6.45, 7) is 4.31. The van der Waals surface area contributed by atoms with Crippen molar-refractivity contribution in [2.75, 3.05) is 11.9 Å². The molecule has 0 bridgehead atoms. The van der Waals surface area contributed by atoms with Crippen molar-refractivity contribution in [2.45, 2.75) is 13.8 Å². The van der Waals surface area contributed by atoms with Crippen LogP contribution in [0, 0.1) is 11.8 Å². The number of rotatable bonds is 4. The number of nitrogens with two attached hydrogens (primary N) is 1. The maximum atomic E-state index is 11.9. The van der Waals surface area contributed by atoms with Crippen LogP contribution in [0.1, 0.15) is 13.8 Å². The molecule has 0 radical (unpaired) electrons. The van der Waals surface area contributed by atoms with E-state index in [1.807, 2.05) is 13.8 Å².